The molecule has 0 heterocycles. The first-order valence-electron chi connectivity index (χ1n) is 4.80. The quantitative estimate of drug-likeness (QED) is 0.663. The summed E-state index contributed by atoms with van der Waals surface area (Å²) in [5.74, 6) is -1.57. The lowest BCUT2D eigenvalue weighted by Crippen LogP contribution is -2.37. The Bertz CT molecular complexity index is 275. The minimum absolute atomic E-state index is 0.236. The largest absolute Gasteiger partial charge is 0.469 e. The fourth-order valence-electron chi connectivity index (χ4n) is 2.20. The predicted molar refractivity (Wildman–Crippen MR) is 50.9 cm³/mol. The Hall–Kier alpha value is -1.10. The second-order valence-corrected chi connectivity index (χ2v) is 4.08. The zero-order valence-electron chi connectivity index (χ0n) is 9.15. The molecule has 0 aromatic heterocycles. The first kappa shape index (κ1) is 12.0. The Kier molecular flexibility index (Phi) is 3.34. The minimum Gasteiger partial charge on any atom is -0.469 e. The van der Waals surface area contributed by atoms with Crippen molar-refractivity contribution in [3.05, 3.63) is 0 Å². The highest BCUT2D eigenvalue weighted by Crippen LogP contribution is 2.44. The third-order valence-corrected chi connectivity index (χ3v) is 3.07. The minimum atomic E-state index is -0.971. The van der Waals surface area contributed by atoms with Gasteiger partial charge in [-0.2, -0.15) is 0 Å². The topological polar surface area (TPSA) is 72.8 Å². The maximum Gasteiger partial charge on any atom is 0.312 e. The Morgan fingerprint density at radius 1 is 1.33 bits per heavy atom. The van der Waals surface area contributed by atoms with E-state index in [1.165, 1.54) is 14.2 Å². The molecule has 1 N–H and O–H groups in total. The van der Waals surface area contributed by atoms with Gasteiger partial charge < -0.3 is 14.6 Å². The highest BCUT2D eigenvalue weighted by Gasteiger charge is 2.53. The van der Waals surface area contributed by atoms with Gasteiger partial charge in [-0.25, -0.2) is 0 Å². The van der Waals surface area contributed by atoms with Gasteiger partial charge in [0, 0.05) is 0 Å². The van der Waals surface area contributed by atoms with Crippen molar-refractivity contribution in [1.29, 1.82) is 0 Å². The molecule has 0 spiro atoms. The third kappa shape index (κ3) is 1.97. The predicted octanol–water partition coefficient (Wildman–Crippen LogP) is 0.110. The van der Waals surface area contributed by atoms with E-state index < -0.39 is 29.4 Å². The van der Waals surface area contributed by atoms with Crippen molar-refractivity contribution in [3.63, 3.8) is 0 Å². The van der Waals surface area contributed by atoms with Gasteiger partial charge in [0.2, 0.25) is 0 Å². The molecule has 0 aromatic carbocycles. The fourth-order valence-corrected chi connectivity index (χ4v) is 2.20. The van der Waals surface area contributed by atoms with Crippen LogP contribution in [-0.2, 0) is 19.1 Å². The average Bonchev–Trinajstić information content (AvgIpc) is 2.53. The number of carbonyl (C=O) groups excluding carboxylic acids is 2. The van der Waals surface area contributed by atoms with Gasteiger partial charge >= 0.3 is 11.9 Å². The van der Waals surface area contributed by atoms with Crippen molar-refractivity contribution < 1.29 is 24.2 Å². The van der Waals surface area contributed by atoms with E-state index in [2.05, 4.69) is 9.47 Å². The number of esters is 2. The van der Waals surface area contributed by atoms with Crippen LogP contribution in [0.2, 0.25) is 0 Å². The second-order valence-electron chi connectivity index (χ2n) is 4.08. The molecule has 86 valence electrons. The molecule has 0 aromatic rings. The Morgan fingerprint density at radius 3 is 2.40 bits per heavy atom. The van der Waals surface area contributed by atoms with Gasteiger partial charge in [0.05, 0.1) is 31.7 Å². The molecule has 1 rings (SSSR count). The molecule has 5 nitrogen and oxygen atoms in total. The van der Waals surface area contributed by atoms with Crippen molar-refractivity contribution in [1.82, 2.24) is 0 Å². The molecule has 15 heavy (non-hydrogen) atoms. The van der Waals surface area contributed by atoms with E-state index in [-0.39, 0.29) is 12.8 Å². The van der Waals surface area contributed by atoms with Gasteiger partial charge in [0.25, 0.3) is 0 Å². The third-order valence-electron chi connectivity index (χ3n) is 3.07. The molecular formula is C10H16O5. The molecular weight excluding hydrogens is 200 g/mol. The van der Waals surface area contributed by atoms with Crippen LogP contribution in [0.3, 0.4) is 0 Å². The molecule has 0 radical (unpaired) electrons. The van der Waals surface area contributed by atoms with Gasteiger partial charge in [-0.1, -0.05) is 0 Å². The number of rotatable bonds is 2. The van der Waals surface area contributed by atoms with Crippen molar-refractivity contribution in [3.8, 4) is 0 Å². The summed E-state index contributed by atoms with van der Waals surface area (Å²) in [7, 11) is 2.54. The lowest BCUT2D eigenvalue weighted by molar-refractivity contribution is -0.163. The Balaban J connectivity index is 2.94. The van der Waals surface area contributed by atoms with Crippen LogP contribution in [0.25, 0.3) is 0 Å². The van der Waals surface area contributed by atoms with E-state index in [1.54, 1.807) is 6.92 Å². The Morgan fingerprint density at radius 2 is 1.93 bits per heavy atom. The maximum absolute atomic E-state index is 11.6. The molecule has 3 atom stereocenters. The van der Waals surface area contributed by atoms with E-state index in [0.717, 1.165) is 0 Å². The van der Waals surface area contributed by atoms with Crippen LogP contribution in [0.15, 0.2) is 0 Å². The molecule has 0 bridgehead atoms. The van der Waals surface area contributed by atoms with Crippen LogP contribution >= 0.6 is 0 Å². The van der Waals surface area contributed by atoms with Gasteiger partial charge in [-0.15, -0.1) is 0 Å². The van der Waals surface area contributed by atoms with E-state index in [1.807, 2.05) is 0 Å². The second kappa shape index (κ2) is 4.18. The van der Waals surface area contributed by atoms with Crippen LogP contribution in [-0.4, -0.2) is 37.4 Å². The molecule has 5 heteroatoms. The van der Waals surface area contributed by atoms with E-state index >= 15 is 0 Å². The van der Waals surface area contributed by atoms with Crippen LogP contribution < -0.4 is 0 Å². The van der Waals surface area contributed by atoms with Gasteiger partial charge in [-0.3, -0.25) is 9.59 Å². The number of aliphatic hydroxyl groups excluding tert-OH is 1. The fraction of sp³-hybridized carbons (Fsp3) is 0.800. The average molecular weight is 216 g/mol. The first-order valence-corrected chi connectivity index (χ1v) is 4.80. The first-order chi connectivity index (χ1) is 6.95. The van der Waals surface area contributed by atoms with Crippen LogP contribution in [0.1, 0.15) is 19.8 Å². The molecule has 0 saturated heterocycles. The molecule has 0 amide bonds. The standard InChI is InChI=1S/C10H16O5/c1-10(9(13)15-3)5-6(11)4-7(10)8(12)14-2/h6-7,11H,4-5H2,1-3H3/t6-,7-,10?/m0/s1. The summed E-state index contributed by atoms with van der Waals surface area (Å²) >= 11 is 0. The summed E-state index contributed by atoms with van der Waals surface area (Å²) in [6.45, 7) is 1.62. The van der Waals surface area contributed by atoms with Crippen LogP contribution in [0.5, 0.6) is 0 Å². The number of methoxy groups -OCH3 is 2. The van der Waals surface area contributed by atoms with E-state index in [4.69, 9.17) is 0 Å². The summed E-state index contributed by atoms with van der Waals surface area (Å²) in [5.41, 5.74) is -0.971. The zero-order valence-corrected chi connectivity index (χ0v) is 9.15. The maximum atomic E-state index is 11.6. The van der Waals surface area contributed by atoms with Crippen molar-refractivity contribution in [2.24, 2.45) is 11.3 Å². The number of aliphatic hydroxyl groups is 1. The monoisotopic (exact) mass is 216 g/mol. The van der Waals surface area contributed by atoms with Gasteiger partial charge in [0.15, 0.2) is 0 Å². The summed E-state index contributed by atoms with van der Waals surface area (Å²) in [6, 6.07) is 0. The molecule has 1 aliphatic carbocycles. The van der Waals surface area contributed by atoms with Gasteiger partial charge in [-0.05, 0) is 19.8 Å². The summed E-state index contributed by atoms with van der Waals surface area (Å²) in [4.78, 5) is 23.0. The molecule has 1 saturated carbocycles. The van der Waals surface area contributed by atoms with Crippen molar-refractivity contribution in [2.75, 3.05) is 14.2 Å². The zero-order chi connectivity index (χ0) is 11.6. The summed E-state index contributed by atoms with van der Waals surface area (Å²) < 4.78 is 9.27. The lowest BCUT2D eigenvalue weighted by atomic mass is 9.80. The molecule has 1 aliphatic rings. The lowest BCUT2D eigenvalue weighted by Gasteiger charge is -2.26. The van der Waals surface area contributed by atoms with E-state index in [9.17, 15) is 14.7 Å². The summed E-state index contributed by atoms with van der Waals surface area (Å²) in [5, 5.41) is 9.51. The van der Waals surface area contributed by atoms with Crippen LogP contribution in [0.4, 0.5) is 0 Å². The smallest absolute Gasteiger partial charge is 0.312 e. The number of hydrogen-bond acceptors (Lipinski definition) is 5. The number of hydrogen-bond donors (Lipinski definition) is 1. The molecule has 1 unspecified atom stereocenters. The molecule has 1 fully saturated rings. The number of carbonyl (C=O) groups is 2. The number of ether oxygens (including phenoxy) is 2. The van der Waals surface area contributed by atoms with Gasteiger partial charge in [0.1, 0.15) is 0 Å². The SMILES string of the molecule is COC(=O)[C@@H]1C[C@H](O)CC1(C)C(=O)OC. The normalized spacial score (nSPS) is 34.9. The highest BCUT2D eigenvalue weighted by molar-refractivity contribution is 5.85. The Labute approximate surface area is 88.4 Å². The van der Waals surface area contributed by atoms with Crippen molar-refractivity contribution >= 4 is 11.9 Å². The van der Waals surface area contributed by atoms with E-state index in [0.29, 0.717) is 0 Å². The van der Waals surface area contributed by atoms with Crippen molar-refractivity contribution in [2.45, 2.75) is 25.9 Å². The van der Waals surface area contributed by atoms with Crippen LogP contribution in [0, 0.1) is 11.3 Å². The highest BCUT2D eigenvalue weighted by atomic mass is 16.5. The molecule has 0 aliphatic heterocycles. The summed E-state index contributed by atoms with van der Waals surface area (Å²) in [6.07, 6.45) is -0.171.